The zero-order valence-corrected chi connectivity index (χ0v) is 11.6. The van der Waals surface area contributed by atoms with Crippen molar-refractivity contribution in [1.82, 2.24) is 0 Å². The SMILES string of the molecule is CC(C)C(=O)C(C)(C)C(CC=O)c1ccccc1. The van der Waals surface area contributed by atoms with Crippen LogP contribution >= 0.6 is 0 Å². The summed E-state index contributed by atoms with van der Waals surface area (Å²) >= 11 is 0. The molecule has 2 nitrogen and oxygen atoms in total. The minimum Gasteiger partial charge on any atom is -0.303 e. The number of rotatable bonds is 6. The first-order chi connectivity index (χ1) is 8.41. The van der Waals surface area contributed by atoms with Crippen LogP contribution in [-0.4, -0.2) is 12.1 Å². The van der Waals surface area contributed by atoms with Gasteiger partial charge < -0.3 is 4.79 Å². The van der Waals surface area contributed by atoms with Crippen LogP contribution in [0.2, 0.25) is 0 Å². The molecule has 0 aliphatic carbocycles. The molecule has 1 aromatic carbocycles. The van der Waals surface area contributed by atoms with Crippen molar-refractivity contribution in [3.63, 3.8) is 0 Å². The van der Waals surface area contributed by atoms with Gasteiger partial charge in [0.2, 0.25) is 0 Å². The molecule has 0 radical (unpaired) electrons. The predicted octanol–water partition coefficient (Wildman–Crippen LogP) is 3.61. The number of hydrogen-bond acceptors (Lipinski definition) is 2. The van der Waals surface area contributed by atoms with Crippen molar-refractivity contribution in [2.45, 2.75) is 40.0 Å². The van der Waals surface area contributed by atoms with E-state index in [9.17, 15) is 9.59 Å². The molecule has 0 amide bonds. The van der Waals surface area contributed by atoms with E-state index in [0.29, 0.717) is 6.42 Å². The molecular formula is C16H22O2. The molecule has 0 aliphatic heterocycles. The Morgan fingerprint density at radius 3 is 2.22 bits per heavy atom. The maximum Gasteiger partial charge on any atom is 0.141 e. The largest absolute Gasteiger partial charge is 0.303 e. The molecule has 1 aromatic rings. The first-order valence-corrected chi connectivity index (χ1v) is 6.44. The van der Waals surface area contributed by atoms with Crippen LogP contribution in [0.4, 0.5) is 0 Å². The average Bonchev–Trinajstić information content (AvgIpc) is 2.35. The van der Waals surface area contributed by atoms with Gasteiger partial charge in [0.15, 0.2) is 0 Å². The van der Waals surface area contributed by atoms with Gasteiger partial charge in [-0.1, -0.05) is 58.0 Å². The molecule has 2 heteroatoms. The Hall–Kier alpha value is -1.44. The number of hydrogen-bond donors (Lipinski definition) is 0. The Labute approximate surface area is 109 Å². The zero-order valence-electron chi connectivity index (χ0n) is 11.6. The summed E-state index contributed by atoms with van der Waals surface area (Å²) in [6.45, 7) is 7.70. The molecule has 0 N–H and O–H groups in total. The lowest BCUT2D eigenvalue weighted by Crippen LogP contribution is -2.35. The van der Waals surface area contributed by atoms with Crippen LogP contribution in [0.3, 0.4) is 0 Å². The lowest BCUT2D eigenvalue weighted by molar-refractivity contribution is -0.131. The third kappa shape index (κ3) is 3.06. The number of carbonyl (C=O) groups excluding carboxylic acids is 2. The molecule has 0 aromatic heterocycles. The number of Topliss-reactive ketones (excluding diaryl/α,β-unsaturated/α-hetero) is 1. The molecule has 0 saturated heterocycles. The lowest BCUT2D eigenvalue weighted by Gasteiger charge is -2.33. The number of carbonyl (C=O) groups is 2. The zero-order chi connectivity index (χ0) is 13.8. The van der Waals surface area contributed by atoms with Crippen LogP contribution in [0.1, 0.15) is 45.6 Å². The fourth-order valence-corrected chi connectivity index (χ4v) is 2.54. The van der Waals surface area contributed by atoms with E-state index in [1.54, 1.807) is 0 Å². The predicted molar refractivity (Wildman–Crippen MR) is 73.5 cm³/mol. The standard InChI is InChI=1S/C16H22O2/c1-12(2)15(18)16(3,4)14(10-11-17)13-8-6-5-7-9-13/h5-9,11-12,14H,10H2,1-4H3. The molecule has 0 saturated carbocycles. The highest BCUT2D eigenvalue weighted by molar-refractivity contribution is 5.87. The topological polar surface area (TPSA) is 34.1 Å². The second-order valence-electron chi connectivity index (χ2n) is 5.61. The molecule has 1 atom stereocenters. The Morgan fingerprint density at radius 2 is 1.78 bits per heavy atom. The van der Waals surface area contributed by atoms with Crippen LogP contribution in [0.25, 0.3) is 0 Å². The molecule has 0 fully saturated rings. The summed E-state index contributed by atoms with van der Waals surface area (Å²) in [5, 5.41) is 0. The van der Waals surface area contributed by atoms with Crippen LogP contribution in [0.15, 0.2) is 30.3 Å². The van der Waals surface area contributed by atoms with Crippen LogP contribution in [0, 0.1) is 11.3 Å². The van der Waals surface area contributed by atoms with Gasteiger partial charge in [0.1, 0.15) is 12.1 Å². The monoisotopic (exact) mass is 246 g/mol. The number of ketones is 1. The summed E-state index contributed by atoms with van der Waals surface area (Å²) in [5.41, 5.74) is 0.541. The summed E-state index contributed by atoms with van der Waals surface area (Å²) in [5.74, 6) is 0.141. The van der Waals surface area contributed by atoms with Crippen molar-refractivity contribution in [2.24, 2.45) is 11.3 Å². The Bertz CT molecular complexity index is 404. The van der Waals surface area contributed by atoms with Gasteiger partial charge in [0.05, 0.1) is 0 Å². The smallest absolute Gasteiger partial charge is 0.141 e. The maximum atomic E-state index is 12.3. The molecule has 0 spiro atoms. The van der Waals surface area contributed by atoms with Crippen molar-refractivity contribution >= 4 is 12.1 Å². The van der Waals surface area contributed by atoms with Gasteiger partial charge in [0, 0.05) is 23.7 Å². The van der Waals surface area contributed by atoms with E-state index in [0.717, 1.165) is 11.8 Å². The summed E-state index contributed by atoms with van der Waals surface area (Å²) in [6, 6.07) is 9.82. The average molecular weight is 246 g/mol. The minimum absolute atomic E-state index is 0.0159. The summed E-state index contributed by atoms with van der Waals surface area (Å²) in [4.78, 5) is 23.3. The highest BCUT2D eigenvalue weighted by Gasteiger charge is 2.38. The van der Waals surface area contributed by atoms with Crippen molar-refractivity contribution in [2.75, 3.05) is 0 Å². The molecule has 0 heterocycles. The van der Waals surface area contributed by atoms with Gasteiger partial charge in [-0.2, -0.15) is 0 Å². The van der Waals surface area contributed by atoms with Gasteiger partial charge >= 0.3 is 0 Å². The lowest BCUT2D eigenvalue weighted by atomic mass is 9.68. The van der Waals surface area contributed by atoms with E-state index in [4.69, 9.17) is 0 Å². The summed E-state index contributed by atoms with van der Waals surface area (Å²) in [6.07, 6.45) is 1.29. The fourth-order valence-electron chi connectivity index (χ4n) is 2.54. The van der Waals surface area contributed by atoms with E-state index >= 15 is 0 Å². The Kier molecular flexibility index (Phi) is 4.83. The van der Waals surface area contributed by atoms with Crippen molar-refractivity contribution in [3.05, 3.63) is 35.9 Å². The first kappa shape index (κ1) is 14.6. The first-order valence-electron chi connectivity index (χ1n) is 6.44. The third-order valence-electron chi connectivity index (χ3n) is 3.56. The second-order valence-corrected chi connectivity index (χ2v) is 5.61. The molecular weight excluding hydrogens is 224 g/mol. The normalized spacial score (nSPS) is 13.4. The second kappa shape index (κ2) is 5.94. The Balaban J connectivity index is 3.12. The molecule has 18 heavy (non-hydrogen) atoms. The maximum absolute atomic E-state index is 12.3. The summed E-state index contributed by atoms with van der Waals surface area (Å²) < 4.78 is 0. The molecule has 1 unspecified atom stereocenters. The van der Waals surface area contributed by atoms with Crippen LogP contribution in [-0.2, 0) is 9.59 Å². The van der Waals surface area contributed by atoms with E-state index in [1.807, 2.05) is 58.0 Å². The molecule has 1 rings (SSSR count). The highest BCUT2D eigenvalue weighted by Crippen LogP contribution is 2.40. The van der Waals surface area contributed by atoms with E-state index in [-0.39, 0.29) is 17.6 Å². The van der Waals surface area contributed by atoms with E-state index < -0.39 is 5.41 Å². The molecule has 0 bridgehead atoms. The van der Waals surface area contributed by atoms with Crippen molar-refractivity contribution in [3.8, 4) is 0 Å². The molecule has 0 aliphatic rings. The molecule has 98 valence electrons. The third-order valence-corrected chi connectivity index (χ3v) is 3.56. The van der Waals surface area contributed by atoms with Crippen molar-refractivity contribution in [1.29, 1.82) is 0 Å². The van der Waals surface area contributed by atoms with Gasteiger partial charge in [0.25, 0.3) is 0 Å². The Morgan fingerprint density at radius 1 is 1.22 bits per heavy atom. The number of aldehydes is 1. The van der Waals surface area contributed by atoms with Gasteiger partial charge in [-0.25, -0.2) is 0 Å². The van der Waals surface area contributed by atoms with E-state index in [2.05, 4.69) is 0 Å². The van der Waals surface area contributed by atoms with Crippen LogP contribution < -0.4 is 0 Å². The van der Waals surface area contributed by atoms with Gasteiger partial charge in [-0.05, 0) is 5.56 Å². The highest BCUT2D eigenvalue weighted by atomic mass is 16.1. The summed E-state index contributed by atoms with van der Waals surface area (Å²) in [7, 11) is 0. The van der Waals surface area contributed by atoms with Gasteiger partial charge in [-0.15, -0.1) is 0 Å². The quantitative estimate of drug-likeness (QED) is 0.718. The van der Waals surface area contributed by atoms with Crippen molar-refractivity contribution < 1.29 is 9.59 Å². The van der Waals surface area contributed by atoms with E-state index in [1.165, 1.54) is 0 Å². The van der Waals surface area contributed by atoms with Crippen LogP contribution in [0.5, 0.6) is 0 Å². The van der Waals surface area contributed by atoms with Gasteiger partial charge in [-0.3, -0.25) is 4.79 Å². The fraction of sp³-hybridized carbons (Fsp3) is 0.500. The number of benzene rings is 1. The minimum atomic E-state index is -0.517.